The minimum atomic E-state index is -4.12. The van der Waals surface area contributed by atoms with Crippen molar-refractivity contribution in [1.82, 2.24) is 9.21 Å². The molecule has 1 aliphatic heterocycles. The number of amides is 1. The minimum Gasteiger partial charge on any atom is -0.399 e. The van der Waals surface area contributed by atoms with Crippen molar-refractivity contribution in [2.45, 2.75) is 24.3 Å². The van der Waals surface area contributed by atoms with E-state index in [9.17, 15) is 17.6 Å². The van der Waals surface area contributed by atoms with Gasteiger partial charge in [0.25, 0.3) is 0 Å². The van der Waals surface area contributed by atoms with Gasteiger partial charge in [0.15, 0.2) is 0 Å². The van der Waals surface area contributed by atoms with Crippen LogP contribution in [0.3, 0.4) is 0 Å². The fraction of sp³-hybridized carbons (Fsp3) is 0.462. The molecule has 0 unspecified atom stereocenters. The molecular formula is C13H18FN3O3S. The van der Waals surface area contributed by atoms with Crippen LogP contribution in [0.15, 0.2) is 23.1 Å². The Kier molecular flexibility index (Phi) is 3.71. The molecular weight excluding hydrogens is 297 g/mol. The van der Waals surface area contributed by atoms with E-state index < -0.39 is 26.3 Å². The largest absolute Gasteiger partial charge is 0.399 e. The Morgan fingerprint density at radius 2 is 1.90 bits per heavy atom. The average Bonchev–Trinajstić information content (AvgIpc) is 2.35. The maximum Gasteiger partial charge on any atom is 0.247 e. The molecule has 6 nitrogen and oxygen atoms in total. The number of carbonyl (C=O) groups is 1. The molecule has 0 radical (unpaired) electrons. The van der Waals surface area contributed by atoms with Crippen molar-refractivity contribution in [3.8, 4) is 0 Å². The molecule has 1 aromatic rings. The van der Waals surface area contributed by atoms with Crippen LogP contribution in [0.1, 0.15) is 13.8 Å². The number of hydrogen-bond donors (Lipinski definition) is 1. The molecule has 0 atom stereocenters. The lowest BCUT2D eigenvalue weighted by Gasteiger charge is -2.43. The highest BCUT2D eigenvalue weighted by Crippen LogP contribution is 2.30. The van der Waals surface area contributed by atoms with E-state index in [4.69, 9.17) is 5.73 Å². The average molecular weight is 315 g/mol. The molecule has 1 saturated heterocycles. The number of rotatable bonds is 2. The summed E-state index contributed by atoms with van der Waals surface area (Å²) in [6, 6.07) is 3.40. The van der Waals surface area contributed by atoms with Crippen molar-refractivity contribution in [3.63, 3.8) is 0 Å². The van der Waals surface area contributed by atoms with Crippen molar-refractivity contribution < 1.29 is 17.6 Å². The van der Waals surface area contributed by atoms with Crippen LogP contribution in [0.4, 0.5) is 10.1 Å². The Labute approximate surface area is 123 Å². The quantitative estimate of drug-likeness (QED) is 0.812. The molecule has 1 heterocycles. The summed E-state index contributed by atoms with van der Waals surface area (Å²) in [5.74, 6) is -1.25. The predicted molar refractivity (Wildman–Crippen MR) is 76.4 cm³/mol. The number of hydrogen-bond acceptors (Lipinski definition) is 4. The smallest absolute Gasteiger partial charge is 0.247 e. The topological polar surface area (TPSA) is 83.7 Å². The van der Waals surface area contributed by atoms with E-state index >= 15 is 0 Å². The molecule has 21 heavy (non-hydrogen) atoms. The molecule has 1 aromatic carbocycles. The van der Waals surface area contributed by atoms with Crippen molar-refractivity contribution in [2.24, 2.45) is 0 Å². The van der Waals surface area contributed by atoms with E-state index in [0.717, 1.165) is 16.4 Å². The number of piperazine rings is 1. The van der Waals surface area contributed by atoms with Crippen molar-refractivity contribution in [3.05, 3.63) is 24.0 Å². The Morgan fingerprint density at radius 1 is 1.29 bits per heavy atom. The van der Waals surface area contributed by atoms with Gasteiger partial charge in [0.05, 0.1) is 0 Å². The zero-order chi connectivity index (χ0) is 16.0. The first-order chi connectivity index (χ1) is 9.58. The Morgan fingerprint density at radius 3 is 2.48 bits per heavy atom. The van der Waals surface area contributed by atoms with E-state index in [0.29, 0.717) is 0 Å². The van der Waals surface area contributed by atoms with Crippen LogP contribution in [0.2, 0.25) is 0 Å². The first-order valence-corrected chi connectivity index (χ1v) is 7.86. The van der Waals surface area contributed by atoms with E-state index in [2.05, 4.69) is 0 Å². The molecule has 1 fully saturated rings. The number of halogens is 1. The second kappa shape index (κ2) is 4.96. The number of nitrogens with two attached hydrogens (primary N) is 1. The molecule has 8 heteroatoms. The van der Waals surface area contributed by atoms with Crippen LogP contribution >= 0.6 is 0 Å². The SMILES string of the molecule is CN1CCN(S(=O)(=O)c2ccc(N)cc2F)C(C)(C)C1=O. The summed E-state index contributed by atoms with van der Waals surface area (Å²) in [6.07, 6.45) is 0. The molecule has 0 spiro atoms. The third-order valence-corrected chi connectivity index (χ3v) is 5.76. The van der Waals surface area contributed by atoms with Crippen LogP contribution in [0.25, 0.3) is 0 Å². The van der Waals surface area contributed by atoms with Gasteiger partial charge in [-0.1, -0.05) is 0 Å². The van der Waals surface area contributed by atoms with Gasteiger partial charge in [-0.25, -0.2) is 12.8 Å². The van der Waals surface area contributed by atoms with Gasteiger partial charge >= 0.3 is 0 Å². The van der Waals surface area contributed by atoms with Crippen LogP contribution in [0, 0.1) is 5.82 Å². The lowest BCUT2D eigenvalue weighted by atomic mass is 10.0. The Bertz CT molecular complexity index is 688. The van der Waals surface area contributed by atoms with Crippen LogP contribution in [-0.4, -0.2) is 49.2 Å². The van der Waals surface area contributed by atoms with Gasteiger partial charge in [0.2, 0.25) is 15.9 Å². The fourth-order valence-corrected chi connectivity index (χ4v) is 4.25. The molecule has 116 valence electrons. The lowest BCUT2D eigenvalue weighted by Crippen LogP contribution is -2.63. The summed E-state index contributed by atoms with van der Waals surface area (Å²) < 4.78 is 40.3. The van der Waals surface area contributed by atoms with E-state index in [-0.39, 0.29) is 24.7 Å². The highest BCUT2D eigenvalue weighted by Gasteiger charge is 2.47. The maximum absolute atomic E-state index is 13.9. The molecule has 0 aromatic heterocycles. The van der Waals surface area contributed by atoms with Gasteiger partial charge in [-0.3, -0.25) is 4.79 Å². The number of nitrogen functional groups attached to an aromatic ring is 1. The second-order valence-electron chi connectivity index (χ2n) is 5.55. The summed E-state index contributed by atoms with van der Waals surface area (Å²) in [5.41, 5.74) is 4.31. The second-order valence-corrected chi connectivity index (χ2v) is 7.38. The summed E-state index contributed by atoms with van der Waals surface area (Å²) >= 11 is 0. The number of sulfonamides is 1. The summed E-state index contributed by atoms with van der Waals surface area (Å²) in [4.78, 5) is 13.2. The summed E-state index contributed by atoms with van der Waals surface area (Å²) in [5, 5.41) is 0. The zero-order valence-corrected chi connectivity index (χ0v) is 12.9. The highest BCUT2D eigenvalue weighted by atomic mass is 32.2. The molecule has 0 saturated carbocycles. The van der Waals surface area contributed by atoms with Crippen molar-refractivity contribution in [1.29, 1.82) is 0 Å². The Balaban J connectivity index is 2.51. The number of carbonyl (C=O) groups excluding carboxylic acids is 1. The Hall–Kier alpha value is -1.67. The van der Waals surface area contributed by atoms with Gasteiger partial charge in [0.1, 0.15) is 16.3 Å². The lowest BCUT2D eigenvalue weighted by molar-refractivity contribution is -0.142. The normalized spacial score (nSPS) is 19.8. The highest BCUT2D eigenvalue weighted by molar-refractivity contribution is 7.89. The summed E-state index contributed by atoms with van der Waals surface area (Å²) in [6.45, 7) is 3.40. The number of benzene rings is 1. The molecule has 0 bridgehead atoms. The van der Waals surface area contributed by atoms with Crippen molar-refractivity contribution in [2.75, 3.05) is 25.9 Å². The van der Waals surface area contributed by atoms with Crippen LogP contribution < -0.4 is 5.73 Å². The number of nitrogens with zero attached hydrogens (tertiary/aromatic N) is 2. The monoisotopic (exact) mass is 315 g/mol. The third-order valence-electron chi connectivity index (χ3n) is 3.66. The van der Waals surface area contributed by atoms with E-state index in [1.165, 1.54) is 24.8 Å². The number of anilines is 1. The van der Waals surface area contributed by atoms with Gasteiger partial charge in [-0.15, -0.1) is 0 Å². The minimum absolute atomic E-state index is 0.112. The first kappa shape index (κ1) is 15.7. The molecule has 1 aliphatic rings. The molecule has 0 aliphatic carbocycles. The zero-order valence-electron chi connectivity index (χ0n) is 12.1. The standard InChI is InChI=1S/C13H18FN3O3S/c1-13(2)12(18)16(3)6-7-17(13)21(19,20)11-5-4-9(15)8-10(11)14/h4-5,8H,6-7,15H2,1-3H3. The molecule has 1 amide bonds. The summed E-state index contributed by atoms with van der Waals surface area (Å²) in [7, 11) is -2.51. The van der Waals surface area contributed by atoms with Gasteiger partial charge in [-0.05, 0) is 32.0 Å². The van der Waals surface area contributed by atoms with Gasteiger partial charge in [0, 0.05) is 25.8 Å². The number of likely N-dealkylation sites (N-methyl/N-ethyl adjacent to an activating group) is 1. The van der Waals surface area contributed by atoms with E-state index in [1.54, 1.807) is 7.05 Å². The van der Waals surface area contributed by atoms with E-state index in [1.807, 2.05) is 0 Å². The fourth-order valence-electron chi connectivity index (χ4n) is 2.46. The predicted octanol–water partition coefficient (Wildman–Crippen LogP) is 0.649. The molecule has 2 rings (SSSR count). The first-order valence-electron chi connectivity index (χ1n) is 6.42. The molecule has 2 N–H and O–H groups in total. The third kappa shape index (κ3) is 2.49. The van der Waals surface area contributed by atoms with Crippen LogP contribution in [0.5, 0.6) is 0 Å². The van der Waals surface area contributed by atoms with Gasteiger partial charge < -0.3 is 10.6 Å². The van der Waals surface area contributed by atoms with Gasteiger partial charge in [-0.2, -0.15) is 4.31 Å². The van der Waals surface area contributed by atoms with Crippen LogP contribution in [-0.2, 0) is 14.8 Å². The maximum atomic E-state index is 13.9. The van der Waals surface area contributed by atoms with Crippen molar-refractivity contribution >= 4 is 21.6 Å².